The van der Waals surface area contributed by atoms with E-state index in [1.165, 1.54) is 0 Å². The number of carboxylic acids is 1. The molecule has 6 heteroatoms. The Morgan fingerprint density at radius 1 is 1.30 bits per heavy atom. The zero-order valence-corrected chi connectivity index (χ0v) is 11.0. The van der Waals surface area contributed by atoms with Gasteiger partial charge in [0.25, 0.3) is 0 Å². The second-order valence-corrected chi connectivity index (χ2v) is 4.78. The summed E-state index contributed by atoms with van der Waals surface area (Å²) in [4.78, 5) is 22.6. The van der Waals surface area contributed by atoms with Crippen LogP contribution in [0, 0.1) is 5.92 Å². The summed E-state index contributed by atoms with van der Waals surface area (Å²) in [7, 11) is 0. The zero-order valence-electron chi connectivity index (χ0n) is 11.0. The average Bonchev–Trinajstić information content (AvgIpc) is 2.46. The van der Waals surface area contributed by atoms with Gasteiger partial charge in [-0.2, -0.15) is 0 Å². The number of hydrogen-bond donors (Lipinski definition) is 3. The number of amides is 1. The Hall–Kier alpha value is -1.92. The molecule has 2 unspecified atom stereocenters. The van der Waals surface area contributed by atoms with E-state index >= 15 is 0 Å². The van der Waals surface area contributed by atoms with Gasteiger partial charge in [-0.3, -0.25) is 9.59 Å². The van der Waals surface area contributed by atoms with Crippen LogP contribution in [0.5, 0.6) is 0 Å². The summed E-state index contributed by atoms with van der Waals surface area (Å²) in [5.74, 6) is -1.53. The molecule has 0 spiro atoms. The molecule has 0 radical (unpaired) electrons. The van der Waals surface area contributed by atoms with E-state index in [-0.39, 0.29) is 18.6 Å². The molecular formula is C14H18N2O4. The second kappa shape index (κ2) is 7.02. The summed E-state index contributed by atoms with van der Waals surface area (Å²) < 4.78 is 5.46. The highest BCUT2D eigenvalue weighted by Crippen LogP contribution is 2.14. The first kappa shape index (κ1) is 14.5. The highest BCUT2D eigenvalue weighted by molar-refractivity contribution is 5.91. The number of carbonyl (C=O) groups is 2. The van der Waals surface area contributed by atoms with Crippen LogP contribution >= 0.6 is 0 Å². The normalized spacial score (nSPS) is 22.2. The van der Waals surface area contributed by atoms with Crippen LogP contribution in [0.15, 0.2) is 30.3 Å². The van der Waals surface area contributed by atoms with Gasteiger partial charge >= 0.3 is 5.97 Å². The minimum absolute atomic E-state index is 0.0758. The third-order valence-corrected chi connectivity index (χ3v) is 3.17. The molecule has 20 heavy (non-hydrogen) atoms. The van der Waals surface area contributed by atoms with E-state index in [4.69, 9.17) is 9.84 Å². The van der Waals surface area contributed by atoms with Crippen LogP contribution in [0.2, 0.25) is 0 Å². The Balaban J connectivity index is 1.74. The van der Waals surface area contributed by atoms with E-state index in [9.17, 15) is 9.59 Å². The lowest BCUT2D eigenvalue weighted by Gasteiger charge is -2.27. The van der Waals surface area contributed by atoms with Gasteiger partial charge in [0.05, 0.1) is 12.0 Å². The van der Waals surface area contributed by atoms with E-state index < -0.39 is 11.9 Å². The van der Waals surface area contributed by atoms with Gasteiger partial charge in [0.1, 0.15) is 6.61 Å². The quantitative estimate of drug-likeness (QED) is 0.738. The van der Waals surface area contributed by atoms with Gasteiger partial charge in [0.2, 0.25) is 5.91 Å². The van der Waals surface area contributed by atoms with Gasteiger partial charge < -0.3 is 20.5 Å². The third-order valence-electron chi connectivity index (χ3n) is 3.17. The fourth-order valence-electron chi connectivity index (χ4n) is 2.13. The Bertz CT molecular complexity index is 464. The van der Waals surface area contributed by atoms with Crippen molar-refractivity contribution in [1.29, 1.82) is 0 Å². The number of ether oxygens (including phenoxy) is 1. The van der Waals surface area contributed by atoms with Crippen LogP contribution in [-0.2, 0) is 14.3 Å². The van der Waals surface area contributed by atoms with Crippen molar-refractivity contribution in [1.82, 2.24) is 5.32 Å². The fraction of sp³-hybridized carbons (Fsp3) is 0.429. The highest BCUT2D eigenvalue weighted by Gasteiger charge is 2.27. The molecule has 0 aromatic heterocycles. The van der Waals surface area contributed by atoms with E-state index in [0.29, 0.717) is 25.2 Å². The minimum Gasteiger partial charge on any atom is -0.481 e. The molecule has 1 aromatic carbocycles. The van der Waals surface area contributed by atoms with Crippen molar-refractivity contribution < 1.29 is 19.4 Å². The van der Waals surface area contributed by atoms with E-state index in [1.807, 2.05) is 18.2 Å². The smallest absolute Gasteiger partial charge is 0.307 e. The third kappa shape index (κ3) is 4.32. The van der Waals surface area contributed by atoms with Crippen molar-refractivity contribution in [3.8, 4) is 0 Å². The average molecular weight is 278 g/mol. The lowest BCUT2D eigenvalue weighted by atomic mass is 9.98. The van der Waals surface area contributed by atoms with Crippen molar-refractivity contribution in [2.24, 2.45) is 5.92 Å². The molecule has 2 atom stereocenters. The summed E-state index contributed by atoms with van der Waals surface area (Å²) >= 11 is 0. The summed E-state index contributed by atoms with van der Waals surface area (Å²) in [5.41, 5.74) is 0.714. The Morgan fingerprint density at radius 2 is 2.05 bits per heavy atom. The maximum atomic E-state index is 11.7. The van der Waals surface area contributed by atoms with Gasteiger partial charge in [-0.25, -0.2) is 0 Å². The molecule has 6 nitrogen and oxygen atoms in total. The molecule has 0 bridgehead atoms. The standard InChI is InChI=1S/C14H18N2O4/c17-13(16-11-4-2-1-3-5-11)9-20-12-6-10(14(18)19)7-15-8-12/h1-5,10,12,15H,6-9H2,(H,16,17)(H,18,19). The molecule has 1 fully saturated rings. The molecule has 1 aromatic rings. The lowest BCUT2D eigenvalue weighted by Crippen LogP contribution is -2.44. The number of rotatable bonds is 5. The molecular weight excluding hydrogens is 260 g/mol. The second-order valence-electron chi connectivity index (χ2n) is 4.78. The molecule has 1 amide bonds. The highest BCUT2D eigenvalue weighted by atomic mass is 16.5. The van der Waals surface area contributed by atoms with Crippen molar-refractivity contribution in [3.63, 3.8) is 0 Å². The Kier molecular flexibility index (Phi) is 5.09. The summed E-state index contributed by atoms with van der Waals surface area (Å²) in [6.45, 7) is 0.946. The summed E-state index contributed by atoms with van der Waals surface area (Å²) in [6, 6.07) is 9.12. The fourth-order valence-corrected chi connectivity index (χ4v) is 2.13. The number of anilines is 1. The van der Waals surface area contributed by atoms with Crippen molar-refractivity contribution in [3.05, 3.63) is 30.3 Å². The van der Waals surface area contributed by atoms with Gasteiger partial charge in [0, 0.05) is 18.8 Å². The van der Waals surface area contributed by atoms with Crippen molar-refractivity contribution in [2.75, 3.05) is 25.0 Å². The molecule has 2 rings (SSSR count). The van der Waals surface area contributed by atoms with Crippen LogP contribution in [0.25, 0.3) is 0 Å². The predicted octanol–water partition coefficient (Wildman–Crippen LogP) is 0.704. The Morgan fingerprint density at radius 3 is 2.75 bits per heavy atom. The van der Waals surface area contributed by atoms with Crippen LogP contribution in [0.1, 0.15) is 6.42 Å². The monoisotopic (exact) mass is 278 g/mol. The molecule has 1 heterocycles. The maximum Gasteiger partial charge on any atom is 0.307 e. The molecule has 108 valence electrons. The number of aliphatic carboxylic acids is 1. The van der Waals surface area contributed by atoms with Crippen LogP contribution in [0.4, 0.5) is 5.69 Å². The number of piperidine rings is 1. The number of carboxylic acid groups (broad SMARTS) is 1. The SMILES string of the molecule is O=C(COC1CNCC(C(=O)O)C1)Nc1ccccc1. The first-order valence-electron chi connectivity index (χ1n) is 6.55. The number of nitrogens with one attached hydrogen (secondary N) is 2. The van der Waals surface area contributed by atoms with E-state index in [0.717, 1.165) is 0 Å². The topological polar surface area (TPSA) is 87.7 Å². The van der Waals surface area contributed by atoms with Crippen LogP contribution in [0.3, 0.4) is 0 Å². The molecule has 1 aliphatic heterocycles. The van der Waals surface area contributed by atoms with Crippen LogP contribution in [-0.4, -0.2) is 42.8 Å². The summed E-state index contributed by atoms with van der Waals surface area (Å²) in [6.07, 6.45) is 0.187. The lowest BCUT2D eigenvalue weighted by molar-refractivity contribution is -0.144. The molecule has 0 saturated carbocycles. The van der Waals surface area contributed by atoms with Crippen LogP contribution < -0.4 is 10.6 Å². The first-order valence-corrected chi connectivity index (χ1v) is 6.55. The van der Waals surface area contributed by atoms with Gasteiger partial charge in [-0.05, 0) is 18.6 Å². The molecule has 1 aliphatic rings. The zero-order chi connectivity index (χ0) is 14.4. The maximum absolute atomic E-state index is 11.7. The van der Waals surface area contributed by atoms with E-state index in [2.05, 4.69) is 10.6 Å². The predicted molar refractivity (Wildman–Crippen MR) is 73.4 cm³/mol. The molecule has 1 saturated heterocycles. The van der Waals surface area contributed by atoms with Gasteiger partial charge in [0.15, 0.2) is 0 Å². The number of carbonyl (C=O) groups excluding carboxylic acids is 1. The number of para-hydroxylation sites is 1. The molecule has 0 aliphatic carbocycles. The number of hydrogen-bond acceptors (Lipinski definition) is 4. The largest absolute Gasteiger partial charge is 0.481 e. The van der Waals surface area contributed by atoms with Crippen molar-refractivity contribution >= 4 is 17.6 Å². The molecule has 3 N–H and O–H groups in total. The van der Waals surface area contributed by atoms with E-state index in [1.54, 1.807) is 12.1 Å². The van der Waals surface area contributed by atoms with Gasteiger partial charge in [-0.15, -0.1) is 0 Å². The number of benzene rings is 1. The minimum atomic E-state index is -0.834. The van der Waals surface area contributed by atoms with Crippen molar-refractivity contribution in [2.45, 2.75) is 12.5 Å². The Labute approximate surface area is 117 Å². The first-order chi connectivity index (χ1) is 9.65. The van der Waals surface area contributed by atoms with Gasteiger partial charge in [-0.1, -0.05) is 18.2 Å². The summed E-state index contributed by atoms with van der Waals surface area (Å²) in [5, 5.41) is 14.7.